The van der Waals surface area contributed by atoms with E-state index in [-0.39, 0.29) is 11.4 Å². The van der Waals surface area contributed by atoms with Crippen molar-refractivity contribution in [3.63, 3.8) is 0 Å². The number of hydrogen-bond donors (Lipinski definition) is 1. The zero-order chi connectivity index (χ0) is 12.5. The van der Waals surface area contributed by atoms with Gasteiger partial charge in [0.15, 0.2) is 0 Å². The van der Waals surface area contributed by atoms with E-state index in [1.165, 1.54) is 25.0 Å². The number of nitrogens with two attached hydrogens (primary N) is 1. The van der Waals surface area contributed by atoms with Gasteiger partial charge in [-0.05, 0) is 42.4 Å². The van der Waals surface area contributed by atoms with Crippen LogP contribution in [0.2, 0.25) is 0 Å². The lowest BCUT2D eigenvalue weighted by molar-refractivity contribution is 0.184. The van der Waals surface area contributed by atoms with Gasteiger partial charge in [0.25, 0.3) is 0 Å². The predicted molar refractivity (Wildman–Crippen MR) is 69.1 cm³/mol. The maximum Gasteiger partial charge on any atom is 0.123 e. The summed E-state index contributed by atoms with van der Waals surface area (Å²) >= 11 is 0. The molecule has 17 heavy (non-hydrogen) atoms. The molecule has 0 heterocycles. The molecule has 1 nitrogen and oxygen atoms in total. The second kappa shape index (κ2) is 4.77. The van der Waals surface area contributed by atoms with Crippen molar-refractivity contribution in [2.24, 2.45) is 17.6 Å². The van der Waals surface area contributed by atoms with Crippen LogP contribution < -0.4 is 5.73 Å². The Hall–Kier alpha value is -0.890. The molecular weight excluding hydrogens is 213 g/mol. The van der Waals surface area contributed by atoms with Gasteiger partial charge in [-0.1, -0.05) is 38.8 Å². The van der Waals surface area contributed by atoms with Gasteiger partial charge in [0.2, 0.25) is 0 Å². The summed E-state index contributed by atoms with van der Waals surface area (Å²) in [7, 11) is 0. The Morgan fingerprint density at radius 2 is 1.94 bits per heavy atom. The van der Waals surface area contributed by atoms with Crippen molar-refractivity contribution in [3.8, 4) is 0 Å². The van der Waals surface area contributed by atoms with Crippen LogP contribution in [-0.4, -0.2) is 0 Å². The van der Waals surface area contributed by atoms with E-state index >= 15 is 0 Å². The Morgan fingerprint density at radius 1 is 1.29 bits per heavy atom. The Bertz CT molecular complexity index is 371. The molecule has 0 saturated heterocycles. The van der Waals surface area contributed by atoms with Crippen LogP contribution in [0, 0.1) is 17.7 Å². The third-order valence-corrected chi connectivity index (χ3v) is 4.19. The maximum atomic E-state index is 12.9. The molecule has 0 bridgehead atoms. The highest BCUT2D eigenvalue weighted by Crippen LogP contribution is 2.40. The summed E-state index contributed by atoms with van der Waals surface area (Å²) in [5, 5.41) is 0. The highest BCUT2D eigenvalue weighted by Gasteiger charge is 2.35. The van der Waals surface area contributed by atoms with Gasteiger partial charge in [-0.3, -0.25) is 0 Å². The first-order valence-corrected chi connectivity index (χ1v) is 6.56. The predicted octanol–water partition coefficient (Wildman–Crippen LogP) is 3.83. The van der Waals surface area contributed by atoms with E-state index in [2.05, 4.69) is 13.8 Å². The molecule has 2 unspecified atom stereocenters. The minimum Gasteiger partial charge on any atom is -0.321 e. The molecule has 1 saturated carbocycles. The lowest BCUT2D eigenvalue weighted by Crippen LogP contribution is -2.42. The fourth-order valence-corrected chi connectivity index (χ4v) is 2.96. The van der Waals surface area contributed by atoms with E-state index in [4.69, 9.17) is 5.73 Å². The van der Waals surface area contributed by atoms with Crippen LogP contribution in [0.1, 0.15) is 45.1 Å². The fraction of sp³-hybridized carbons (Fsp3) is 0.600. The molecule has 0 aliphatic heterocycles. The van der Waals surface area contributed by atoms with Crippen molar-refractivity contribution in [1.29, 1.82) is 0 Å². The molecule has 0 amide bonds. The number of halogens is 1. The van der Waals surface area contributed by atoms with Crippen molar-refractivity contribution in [2.45, 2.75) is 45.1 Å². The largest absolute Gasteiger partial charge is 0.321 e. The molecule has 1 fully saturated rings. The number of hydrogen-bond acceptors (Lipinski definition) is 1. The van der Waals surface area contributed by atoms with E-state index in [0.29, 0.717) is 11.8 Å². The third kappa shape index (κ3) is 2.68. The van der Waals surface area contributed by atoms with Gasteiger partial charge in [-0.2, -0.15) is 0 Å². The summed E-state index contributed by atoms with van der Waals surface area (Å²) in [6.45, 7) is 4.53. The van der Waals surface area contributed by atoms with E-state index < -0.39 is 0 Å². The second-order valence-corrected chi connectivity index (χ2v) is 5.76. The van der Waals surface area contributed by atoms with E-state index in [1.807, 2.05) is 12.1 Å². The molecule has 2 atom stereocenters. The van der Waals surface area contributed by atoms with Crippen LogP contribution in [0.4, 0.5) is 4.39 Å². The summed E-state index contributed by atoms with van der Waals surface area (Å²) in [6.07, 6.45) is 4.49. The van der Waals surface area contributed by atoms with Crippen molar-refractivity contribution < 1.29 is 4.39 Å². The molecule has 94 valence electrons. The molecule has 1 aliphatic carbocycles. The average Bonchev–Trinajstić information content (AvgIpc) is 2.29. The Labute approximate surface area is 103 Å². The standard InChI is InChI=1S/C15H22FN/c1-11(2)12-4-3-9-15(17,10-12)13-5-7-14(16)8-6-13/h5-8,11-12H,3-4,9-10,17H2,1-2H3. The Kier molecular flexibility index (Phi) is 3.53. The van der Waals surface area contributed by atoms with Crippen molar-refractivity contribution >= 4 is 0 Å². The van der Waals surface area contributed by atoms with E-state index in [0.717, 1.165) is 18.4 Å². The number of rotatable bonds is 2. The smallest absolute Gasteiger partial charge is 0.123 e. The summed E-state index contributed by atoms with van der Waals surface area (Å²) in [4.78, 5) is 0. The Morgan fingerprint density at radius 3 is 2.53 bits per heavy atom. The minimum absolute atomic E-state index is 0.187. The van der Waals surface area contributed by atoms with Crippen molar-refractivity contribution in [1.82, 2.24) is 0 Å². The quantitative estimate of drug-likeness (QED) is 0.828. The molecule has 2 heteroatoms. The van der Waals surface area contributed by atoms with Gasteiger partial charge in [-0.25, -0.2) is 4.39 Å². The highest BCUT2D eigenvalue weighted by atomic mass is 19.1. The van der Waals surface area contributed by atoms with Crippen LogP contribution in [-0.2, 0) is 5.54 Å². The lowest BCUT2D eigenvalue weighted by atomic mass is 9.69. The summed E-state index contributed by atoms with van der Waals surface area (Å²) in [6, 6.07) is 6.72. The monoisotopic (exact) mass is 235 g/mol. The van der Waals surface area contributed by atoms with Gasteiger partial charge in [0.1, 0.15) is 5.82 Å². The van der Waals surface area contributed by atoms with E-state index in [1.54, 1.807) is 0 Å². The van der Waals surface area contributed by atoms with E-state index in [9.17, 15) is 4.39 Å². The van der Waals surface area contributed by atoms with Gasteiger partial charge in [0.05, 0.1) is 0 Å². The fourth-order valence-electron chi connectivity index (χ4n) is 2.96. The average molecular weight is 235 g/mol. The highest BCUT2D eigenvalue weighted by molar-refractivity contribution is 5.25. The molecule has 1 aromatic carbocycles. The van der Waals surface area contributed by atoms with Crippen LogP contribution in [0.5, 0.6) is 0 Å². The van der Waals surface area contributed by atoms with Crippen LogP contribution in [0.25, 0.3) is 0 Å². The molecule has 2 rings (SSSR count). The topological polar surface area (TPSA) is 26.0 Å². The Balaban J connectivity index is 2.20. The SMILES string of the molecule is CC(C)C1CCCC(N)(c2ccc(F)cc2)C1. The van der Waals surface area contributed by atoms with Crippen LogP contribution in [0.15, 0.2) is 24.3 Å². The zero-order valence-corrected chi connectivity index (χ0v) is 10.7. The molecule has 1 aliphatic rings. The van der Waals surface area contributed by atoms with Crippen LogP contribution >= 0.6 is 0 Å². The molecule has 0 radical (unpaired) electrons. The summed E-state index contributed by atoms with van der Waals surface area (Å²) in [5.74, 6) is 1.19. The minimum atomic E-state index is -0.249. The van der Waals surface area contributed by atoms with Gasteiger partial charge >= 0.3 is 0 Å². The third-order valence-electron chi connectivity index (χ3n) is 4.19. The van der Waals surface area contributed by atoms with Gasteiger partial charge in [0, 0.05) is 5.54 Å². The first-order chi connectivity index (χ1) is 8.01. The van der Waals surface area contributed by atoms with Gasteiger partial charge in [-0.15, -0.1) is 0 Å². The first-order valence-electron chi connectivity index (χ1n) is 6.56. The number of benzene rings is 1. The van der Waals surface area contributed by atoms with Crippen LogP contribution in [0.3, 0.4) is 0 Å². The second-order valence-electron chi connectivity index (χ2n) is 5.76. The first kappa shape index (κ1) is 12.6. The molecule has 0 spiro atoms. The molecule has 1 aromatic rings. The summed E-state index contributed by atoms with van der Waals surface area (Å²) < 4.78 is 12.9. The zero-order valence-electron chi connectivity index (χ0n) is 10.7. The van der Waals surface area contributed by atoms with Crippen molar-refractivity contribution in [2.75, 3.05) is 0 Å². The normalized spacial score (nSPS) is 29.6. The molecule has 2 N–H and O–H groups in total. The molecule has 0 aromatic heterocycles. The van der Waals surface area contributed by atoms with Gasteiger partial charge < -0.3 is 5.73 Å². The maximum absolute atomic E-state index is 12.9. The lowest BCUT2D eigenvalue weighted by Gasteiger charge is -2.40. The van der Waals surface area contributed by atoms with Crippen molar-refractivity contribution in [3.05, 3.63) is 35.6 Å². The molecular formula is C15H22FN. The summed E-state index contributed by atoms with van der Waals surface area (Å²) in [5.41, 5.74) is 7.37.